The van der Waals surface area contributed by atoms with E-state index >= 15 is 0 Å². The number of hydrogen-bond donors (Lipinski definition) is 1. The predicted octanol–water partition coefficient (Wildman–Crippen LogP) is 3.38. The Hall–Kier alpha value is -1.42. The maximum Gasteiger partial charge on any atom is 0.183 e. The van der Waals surface area contributed by atoms with Gasteiger partial charge in [-0.1, -0.05) is 29.5 Å². The highest BCUT2D eigenvalue weighted by Gasteiger charge is 2.07. The molecule has 0 amide bonds. The van der Waals surface area contributed by atoms with E-state index in [1.54, 1.807) is 18.3 Å². The molecular weight excluding hydrogens is 211 g/mol. The molecule has 4 heteroatoms. The lowest BCUT2D eigenvalue weighted by molar-refractivity contribution is 0.631. The van der Waals surface area contributed by atoms with Crippen LogP contribution in [0.4, 0.5) is 9.52 Å². The molecule has 0 saturated heterocycles. The van der Waals surface area contributed by atoms with E-state index in [9.17, 15) is 4.39 Å². The third-order valence-electron chi connectivity index (χ3n) is 1.97. The van der Waals surface area contributed by atoms with Crippen LogP contribution in [0.2, 0.25) is 0 Å². The van der Waals surface area contributed by atoms with Crippen molar-refractivity contribution in [3.8, 4) is 10.4 Å². The van der Waals surface area contributed by atoms with Gasteiger partial charge in [-0.2, -0.15) is 0 Å². The molecule has 0 atom stereocenters. The lowest BCUT2D eigenvalue weighted by Gasteiger charge is -1.97. The monoisotopic (exact) mass is 222 g/mol. The number of halogens is 1. The lowest BCUT2D eigenvalue weighted by atomic mass is 10.2. The minimum Gasteiger partial charge on any atom is -0.362 e. The quantitative estimate of drug-likeness (QED) is 0.861. The Morgan fingerprint density at radius 1 is 1.40 bits per heavy atom. The summed E-state index contributed by atoms with van der Waals surface area (Å²) in [5.41, 5.74) is 0.610. The van der Waals surface area contributed by atoms with Crippen LogP contribution in [0.15, 0.2) is 30.5 Å². The van der Waals surface area contributed by atoms with Crippen molar-refractivity contribution >= 4 is 16.5 Å². The number of hydrogen-bond acceptors (Lipinski definition) is 3. The van der Waals surface area contributed by atoms with Gasteiger partial charge in [0.25, 0.3) is 0 Å². The van der Waals surface area contributed by atoms with Gasteiger partial charge in [-0.3, -0.25) is 0 Å². The van der Waals surface area contributed by atoms with E-state index in [0.29, 0.717) is 5.56 Å². The molecule has 0 spiro atoms. The van der Waals surface area contributed by atoms with E-state index in [-0.39, 0.29) is 5.82 Å². The van der Waals surface area contributed by atoms with E-state index in [4.69, 9.17) is 0 Å². The maximum atomic E-state index is 13.4. The first-order valence-corrected chi connectivity index (χ1v) is 5.57. The molecule has 0 radical (unpaired) electrons. The molecule has 0 aliphatic carbocycles. The Labute approximate surface area is 91.8 Å². The van der Waals surface area contributed by atoms with Crippen molar-refractivity contribution in [3.05, 3.63) is 36.3 Å². The third kappa shape index (κ3) is 2.15. The fourth-order valence-corrected chi connectivity index (χ4v) is 2.20. The van der Waals surface area contributed by atoms with Gasteiger partial charge in [0.1, 0.15) is 5.82 Å². The van der Waals surface area contributed by atoms with Crippen LogP contribution < -0.4 is 5.32 Å². The molecule has 0 unspecified atom stereocenters. The van der Waals surface area contributed by atoms with E-state index in [2.05, 4.69) is 10.3 Å². The Morgan fingerprint density at radius 2 is 2.20 bits per heavy atom. The Bertz CT molecular complexity index is 453. The molecule has 15 heavy (non-hydrogen) atoms. The van der Waals surface area contributed by atoms with Crippen molar-refractivity contribution in [1.29, 1.82) is 0 Å². The predicted molar refractivity (Wildman–Crippen MR) is 61.7 cm³/mol. The number of rotatable bonds is 3. The first-order valence-electron chi connectivity index (χ1n) is 4.76. The van der Waals surface area contributed by atoms with Crippen molar-refractivity contribution < 1.29 is 4.39 Å². The molecule has 78 valence electrons. The number of thiazole rings is 1. The SMILES string of the molecule is CCNc1ncc(-c2ccccc2F)s1. The number of benzene rings is 1. The summed E-state index contributed by atoms with van der Waals surface area (Å²) in [4.78, 5) is 5.02. The van der Waals surface area contributed by atoms with Crippen LogP contribution in [0.25, 0.3) is 10.4 Å². The van der Waals surface area contributed by atoms with Crippen LogP contribution in [0.5, 0.6) is 0 Å². The summed E-state index contributed by atoms with van der Waals surface area (Å²) in [6, 6.07) is 6.73. The number of nitrogens with zero attached hydrogens (tertiary/aromatic N) is 1. The van der Waals surface area contributed by atoms with Crippen LogP contribution in [-0.4, -0.2) is 11.5 Å². The summed E-state index contributed by atoms with van der Waals surface area (Å²) in [6.07, 6.45) is 1.70. The van der Waals surface area contributed by atoms with E-state index in [1.165, 1.54) is 17.4 Å². The fourth-order valence-electron chi connectivity index (χ4n) is 1.29. The number of nitrogens with one attached hydrogen (secondary N) is 1. The molecule has 2 nitrogen and oxygen atoms in total. The second-order valence-corrected chi connectivity index (χ2v) is 4.07. The zero-order chi connectivity index (χ0) is 10.7. The van der Waals surface area contributed by atoms with Crippen molar-refractivity contribution in [3.63, 3.8) is 0 Å². The molecule has 0 bridgehead atoms. The first-order chi connectivity index (χ1) is 7.31. The maximum absolute atomic E-state index is 13.4. The average Bonchev–Trinajstić information content (AvgIpc) is 2.68. The van der Waals surface area contributed by atoms with Gasteiger partial charge >= 0.3 is 0 Å². The molecule has 2 aromatic rings. The Balaban J connectivity index is 2.33. The molecular formula is C11H11FN2S. The van der Waals surface area contributed by atoms with Gasteiger partial charge < -0.3 is 5.32 Å². The minimum absolute atomic E-state index is 0.204. The van der Waals surface area contributed by atoms with Gasteiger partial charge in [-0.05, 0) is 13.0 Å². The second-order valence-electron chi connectivity index (χ2n) is 3.04. The van der Waals surface area contributed by atoms with Crippen LogP contribution in [0.1, 0.15) is 6.92 Å². The van der Waals surface area contributed by atoms with Crippen LogP contribution in [0, 0.1) is 5.82 Å². The van der Waals surface area contributed by atoms with Gasteiger partial charge in [0, 0.05) is 18.3 Å². The molecule has 0 aliphatic heterocycles. The van der Waals surface area contributed by atoms with E-state index < -0.39 is 0 Å². The first kappa shape index (κ1) is 10.1. The minimum atomic E-state index is -0.204. The molecule has 1 aromatic heterocycles. The van der Waals surface area contributed by atoms with Gasteiger partial charge in [-0.25, -0.2) is 9.37 Å². The summed E-state index contributed by atoms with van der Waals surface area (Å²) < 4.78 is 13.4. The summed E-state index contributed by atoms with van der Waals surface area (Å²) in [5, 5.41) is 3.93. The zero-order valence-electron chi connectivity index (χ0n) is 8.33. The molecule has 1 heterocycles. The van der Waals surface area contributed by atoms with E-state index in [0.717, 1.165) is 16.6 Å². The highest BCUT2D eigenvalue weighted by atomic mass is 32.1. The molecule has 1 N–H and O–H groups in total. The summed E-state index contributed by atoms with van der Waals surface area (Å²) in [5.74, 6) is -0.204. The Kier molecular flexibility index (Phi) is 2.97. The molecule has 1 aromatic carbocycles. The van der Waals surface area contributed by atoms with Gasteiger partial charge in [-0.15, -0.1) is 0 Å². The standard InChI is InChI=1S/C11H11FN2S/c1-2-13-11-14-7-10(15-11)8-5-3-4-6-9(8)12/h3-7H,2H2,1H3,(H,13,14). The number of aromatic nitrogens is 1. The van der Waals surface area contributed by atoms with Crippen LogP contribution in [-0.2, 0) is 0 Å². The largest absolute Gasteiger partial charge is 0.362 e. The highest BCUT2D eigenvalue weighted by molar-refractivity contribution is 7.18. The molecule has 0 aliphatic rings. The third-order valence-corrected chi connectivity index (χ3v) is 2.96. The Morgan fingerprint density at radius 3 is 2.93 bits per heavy atom. The lowest BCUT2D eigenvalue weighted by Crippen LogP contribution is -1.94. The van der Waals surface area contributed by atoms with Crippen molar-refractivity contribution in [1.82, 2.24) is 4.98 Å². The fraction of sp³-hybridized carbons (Fsp3) is 0.182. The van der Waals surface area contributed by atoms with Gasteiger partial charge in [0.05, 0.1) is 4.88 Å². The van der Waals surface area contributed by atoms with Crippen molar-refractivity contribution in [2.45, 2.75) is 6.92 Å². The molecule has 2 rings (SSSR count). The summed E-state index contributed by atoms with van der Waals surface area (Å²) in [6.45, 7) is 2.83. The zero-order valence-corrected chi connectivity index (χ0v) is 9.14. The van der Waals surface area contributed by atoms with Gasteiger partial charge in [0.2, 0.25) is 0 Å². The van der Waals surface area contributed by atoms with E-state index in [1.807, 2.05) is 13.0 Å². The molecule has 0 fully saturated rings. The topological polar surface area (TPSA) is 24.9 Å². The summed E-state index contributed by atoms with van der Waals surface area (Å²) >= 11 is 1.46. The van der Waals surface area contributed by atoms with Crippen molar-refractivity contribution in [2.24, 2.45) is 0 Å². The second kappa shape index (κ2) is 4.40. The summed E-state index contributed by atoms with van der Waals surface area (Å²) in [7, 11) is 0. The average molecular weight is 222 g/mol. The molecule has 0 saturated carbocycles. The smallest absolute Gasteiger partial charge is 0.183 e. The number of anilines is 1. The van der Waals surface area contributed by atoms with Gasteiger partial charge in [0.15, 0.2) is 5.13 Å². The normalized spacial score (nSPS) is 10.3. The highest BCUT2D eigenvalue weighted by Crippen LogP contribution is 2.30. The van der Waals surface area contributed by atoms with Crippen LogP contribution in [0.3, 0.4) is 0 Å². The van der Waals surface area contributed by atoms with Crippen LogP contribution >= 0.6 is 11.3 Å². The van der Waals surface area contributed by atoms with Crippen molar-refractivity contribution in [2.75, 3.05) is 11.9 Å².